The maximum Gasteiger partial charge on any atom is 0.419 e. The summed E-state index contributed by atoms with van der Waals surface area (Å²) in [5.41, 5.74) is -1.31. The highest BCUT2D eigenvalue weighted by molar-refractivity contribution is 9.10. The third-order valence-electron chi connectivity index (χ3n) is 2.93. The van der Waals surface area contributed by atoms with E-state index in [9.17, 15) is 26.0 Å². The second-order valence-electron chi connectivity index (χ2n) is 4.59. The fraction of sp³-hybridized carbons (Fsp3) is 0.143. The summed E-state index contributed by atoms with van der Waals surface area (Å²) in [5, 5.41) is 0. The average molecular weight is 412 g/mol. The Labute approximate surface area is 138 Å². The van der Waals surface area contributed by atoms with Crippen LogP contribution in [0.3, 0.4) is 0 Å². The number of hydrogen-bond acceptors (Lipinski definition) is 2. The zero-order chi connectivity index (χ0) is 17.3. The van der Waals surface area contributed by atoms with Gasteiger partial charge in [0.2, 0.25) is 10.0 Å². The van der Waals surface area contributed by atoms with Crippen LogP contribution in [0, 0.1) is 5.82 Å². The van der Waals surface area contributed by atoms with Crippen LogP contribution in [0.15, 0.2) is 51.8 Å². The van der Waals surface area contributed by atoms with Crippen LogP contribution in [0.25, 0.3) is 0 Å². The molecule has 0 atom stereocenters. The molecule has 0 bridgehead atoms. The molecule has 0 heterocycles. The van der Waals surface area contributed by atoms with Crippen LogP contribution >= 0.6 is 15.9 Å². The third-order valence-corrected chi connectivity index (χ3v) is 4.87. The van der Waals surface area contributed by atoms with Crippen molar-refractivity contribution in [3.8, 4) is 0 Å². The predicted molar refractivity (Wildman–Crippen MR) is 79.6 cm³/mol. The van der Waals surface area contributed by atoms with Crippen molar-refractivity contribution in [2.75, 3.05) is 0 Å². The van der Waals surface area contributed by atoms with E-state index in [-0.39, 0.29) is 17.0 Å². The van der Waals surface area contributed by atoms with Gasteiger partial charge in [0.15, 0.2) is 0 Å². The quantitative estimate of drug-likeness (QED) is 0.770. The molecule has 0 saturated heterocycles. The molecule has 0 radical (unpaired) electrons. The number of alkyl halides is 3. The van der Waals surface area contributed by atoms with Crippen LogP contribution in [0.4, 0.5) is 17.6 Å². The van der Waals surface area contributed by atoms with Gasteiger partial charge in [-0.05, 0) is 42.0 Å². The maximum absolute atomic E-state index is 13.4. The molecule has 0 aliphatic heterocycles. The second kappa shape index (κ2) is 6.58. The number of nitrogens with one attached hydrogen (secondary N) is 1. The molecule has 0 spiro atoms. The maximum atomic E-state index is 13.4. The number of rotatable bonds is 4. The summed E-state index contributed by atoms with van der Waals surface area (Å²) in [6, 6.07) is 8.06. The molecule has 0 amide bonds. The summed E-state index contributed by atoms with van der Waals surface area (Å²) in [5.74, 6) is -1.45. The minimum atomic E-state index is -4.79. The van der Waals surface area contributed by atoms with Gasteiger partial charge in [0.1, 0.15) is 5.82 Å². The Morgan fingerprint density at radius 1 is 1.04 bits per heavy atom. The number of benzene rings is 2. The first kappa shape index (κ1) is 17.9. The van der Waals surface area contributed by atoms with Gasteiger partial charge in [-0.3, -0.25) is 0 Å². The number of sulfonamides is 1. The number of hydrogen-bond donors (Lipinski definition) is 1. The third kappa shape index (κ3) is 4.52. The van der Waals surface area contributed by atoms with Gasteiger partial charge in [-0.25, -0.2) is 17.5 Å². The van der Waals surface area contributed by atoms with E-state index in [0.29, 0.717) is 16.6 Å². The highest BCUT2D eigenvalue weighted by Crippen LogP contribution is 2.31. The summed E-state index contributed by atoms with van der Waals surface area (Å²) in [7, 11) is -3.84. The van der Waals surface area contributed by atoms with Crippen molar-refractivity contribution >= 4 is 26.0 Å². The van der Waals surface area contributed by atoms with E-state index in [0.717, 1.165) is 6.07 Å². The molecule has 0 aliphatic carbocycles. The van der Waals surface area contributed by atoms with Crippen molar-refractivity contribution in [3.63, 3.8) is 0 Å². The monoisotopic (exact) mass is 411 g/mol. The van der Waals surface area contributed by atoms with Crippen LogP contribution < -0.4 is 4.72 Å². The Kier molecular flexibility index (Phi) is 5.12. The SMILES string of the molecule is O=S(=O)(NCc1ccc(C(F)(F)F)c(F)c1)c1ccc(Br)cc1. The molecule has 9 heteroatoms. The molecule has 3 nitrogen and oxygen atoms in total. The molecule has 2 aromatic carbocycles. The van der Waals surface area contributed by atoms with Crippen molar-refractivity contribution in [1.29, 1.82) is 0 Å². The molecular weight excluding hydrogens is 402 g/mol. The van der Waals surface area contributed by atoms with E-state index < -0.39 is 27.6 Å². The van der Waals surface area contributed by atoms with Crippen LogP contribution in [-0.4, -0.2) is 8.42 Å². The van der Waals surface area contributed by atoms with Gasteiger partial charge in [-0.2, -0.15) is 13.2 Å². The van der Waals surface area contributed by atoms with Crippen molar-refractivity contribution < 1.29 is 26.0 Å². The van der Waals surface area contributed by atoms with E-state index in [1.807, 2.05) is 0 Å². The van der Waals surface area contributed by atoms with Gasteiger partial charge in [-0.1, -0.05) is 22.0 Å². The second-order valence-corrected chi connectivity index (χ2v) is 7.27. The van der Waals surface area contributed by atoms with E-state index in [4.69, 9.17) is 0 Å². The lowest BCUT2D eigenvalue weighted by molar-refractivity contribution is -0.140. The zero-order valence-corrected chi connectivity index (χ0v) is 13.8. The van der Waals surface area contributed by atoms with Gasteiger partial charge in [0, 0.05) is 11.0 Å². The Hall–Kier alpha value is -1.45. The summed E-state index contributed by atoms with van der Waals surface area (Å²) in [6.45, 7) is -0.326. The Balaban J connectivity index is 2.14. The van der Waals surface area contributed by atoms with E-state index in [1.165, 1.54) is 24.3 Å². The Bertz CT molecular complexity index is 805. The van der Waals surface area contributed by atoms with Crippen LogP contribution in [0.5, 0.6) is 0 Å². The summed E-state index contributed by atoms with van der Waals surface area (Å²) >= 11 is 3.17. The summed E-state index contributed by atoms with van der Waals surface area (Å²) in [6.07, 6.45) is -4.79. The molecule has 0 unspecified atom stereocenters. The fourth-order valence-corrected chi connectivity index (χ4v) is 3.06. The molecule has 23 heavy (non-hydrogen) atoms. The Morgan fingerprint density at radius 2 is 1.65 bits per heavy atom. The van der Waals surface area contributed by atoms with Gasteiger partial charge >= 0.3 is 6.18 Å². The van der Waals surface area contributed by atoms with Gasteiger partial charge < -0.3 is 0 Å². The van der Waals surface area contributed by atoms with Crippen molar-refractivity contribution in [1.82, 2.24) is 4.72 Å². The molecular formula is C14H10BrF4NO2S. The van der Waals surface area contributed by atoms with E-state index in [2.05, 4.69) is 20.7 Å². The normalized spacial score (nSPS) is 12.4. The minimum absolute atomic E-state index is 0.00640. The highest BCUT2D eigenvalue weighted by atomic mass is 79.9. The number of halogens is 5. The minimum Gasteiger partial charge on any atom is -0.207 e. The van der Waals surface area contributed by atoms with Crippen LogP contribution in [-0.2, 0) is 22.7 Å². The smallest absolute Gasteiger partial charge is 0.207 e. The van der Waals surface area contributed by atoms with E-state index >= 15 is 0 Å². The fourth-order valence-electron chi connectivity index (χ4n) is 1.77. The lowest BCUT2D eigenvalue weighted by Gasteiger charge is -2.10. The molecule has 124 valence electrons. The molecule has 2 aromatic rings. The topological polar surface area (TPSA) is 46.2 Å². The van der Waals surface area contributed by atoms with Crippen molar-refractivity contribution in [2.45, 2.75) is 17.6 Å². The van der Waals surface area contributed by atoms with Gasteiger partial charge in [0.25, 0.3) is 0 Å². The van der Waals surface area contributed by atoms with Crippen LogP contribution in [0.1, 0.15) is 11.1 Å². The zero-order valence-electron chi connectivity index (χ0n) is 11.4. The largest absolute Gasteiger partial charge is 0.419 e. The summed E-state index contributed by atoms with van der Waals surface area (Å²) < 4.78 is 77.7. The lowest BCUT2D eigenvalue weighted by Crippen LogP contribution is -2.23. The van der Waals surface area contributed by atoms with Crippen molar-refractivity contribution in [3.05, 3.63) is 63.9 Å². The first-order chi connectivity index (χ1) is 10.6. The first-order valence-electron chi connectivity index (χ1n) is 6.20. The standard InChI is InChI=1S/C14H10BrF4NO2S/c15-10-2-4-11(5-3-10)23(21,22)20-8-9-1-6-12(13(16)7-9)14(17,18)19/h1-7,20H,8H2. The molecule has 0 fully saturated rings. The molecule has 0 aromatic heterocycles. The lowest BCUT2D eigenvalue weighted by atomic mass is 10.1. The van der Waals surface area contributed by atoms with E-state index in [1.54, 1.807) is 0 Å². The van der Waals surface area contributed by atoms with Gasteiger partial charge in [0.05, 0.1) is 10.5 Å². The first-order valence-corrected chi connectivity index (χ1v) is 8.48. The molecule has 0 aliphatic rings. The van der Waals surface area contributed by atoms with Gasteiger partial charge in [-0.15, -0.1) is 0 Å². The Morgan fingerprint density at radius 3 is 2.17 bits per heavy atom. The average Bonchev–Trinajstić information content (AvgIpc) is 2.44. The molecule has 2 rings (SSSR count). The summed E-state index contributed by atoms with van der Waals surface area (Å²) in [4.78, 5) is -0.00640. The van der Waals surface area contributed by atoms with Crippen molar-refractivity contribution in [2.24, 2.45) is 0 Å². The van der Waals surface area contributed by atoms with Crippen LogP contribution in [0.2, 0.25) is 0 Å². The molecule has 0 saturated carbocycles. The predicted octanol–water partition coefficient (Wildman–Crippen LogP) is 4.09. The highest BCUT2D eigenvalue weighted by Gasteiger charge is 2.33. The molecule has 1 N–H and O–H groups in total.